The van der Waals surface area contributed by atoms with Crippen molar-refractivity contribution >= 4 is 51.4 Å². The van der Waals surface area contributed by atoms with Crippen LogP contribution in [-0.2, 0) is 4.79 Å². The summed E-state index contributed by atoms with van der Waals surface area (Å²) in [4.78, 5) is 34.6. The van der Waals surface area contributed by atoms with Crippen molar-refractivity contribution in [3.63, 3.8) is 0 Å². The molecule has 2 amide bonds. The molecule has 0 aliphatic carbocycles. The van der Waals surface area contributed by atoms with E-state index in [0.29, 0.717) is 22.4 Å². The first kappa shape index (κ1) is 22.2. The highest BCUT2D eigenvalue weighted by molar-refractivity contribution is 8.01. The van der Waals surface area contributed by atoms with E-state index in [-0.39, 0.29) is 28.0 Å². The number of non-ortho nitro benzene ring substituents is 1. The number of rotatable bonds is 9. The average Bonchev–Trinajstić information content (AvgIpc) is 3.21. The van der Waals surface area contributed by atoms with Gasteiger partial charge in [0.25, 0.3) is 11.6 Å². The summed E-state index contributed by atoms with van der Waals surface area (Å²) < 4.78 is 5.99. The van der Waals surface area contributed by atoms with Gasteiger partial charge in [0, 0.05) is 17.7 Å². The van der Waals surface area contributed by atoms with Crippen LogP contribution in [0.5, 0.6) is 5.75 Å². The molecular formula is C19H17N5O5S2. The predicted molar refractivity (Wildman–Crippen MR) is 118 cm³/mol. The molecule has 1 heterocycles. The number of hydrogen-bond acceptors (Lipinski definition) is 9. The Morgan fingerprint density at radius 2 is 1.87 bits per heavy atom. The van der Waals surface area contributed by atoms with Crippen LogP contribution in [0.3, 0.4) is 0 Å². The summed E-state index contributed by atoms with van der Waals surface area (Å²) in [7, 11) is 0. The number of nitrogens with one attached hydrogen (secondary N) is 2. The zero-order valence-electron chi connectivity index (χ0n) is 16.2. The van der Waals surface area contributed by atoms with Crippen LogP contribution in [0.25, 0.3) is 0 Å². The maximum atomic E-state index is 12.2. The third-order valence-corrected chi connectivity index (χ3v) is 5.73. The van der Waals surface area contributed by atoms with Gasteiger partial charge in [-0.15, -0.1) is 10.2 Å². The first-order valence-corrected chi connectivity index (χ1v) is 10.8. The number of hydrogen-bond donors (Lipinski definition) is 2. The fraction of sp³-hybridized carbons (Fsp3) is 0.158. The normalized spacial score (nSPS) is 10.4. The molecule has 0 bridgehead atoms. The number of benzene rings is 2. The highest BCUT2D eigenvalue weighted by Gasteiger charge is 2.14. The number of carbonyl (C=O) groups is 2. The van der Waals surface area contributed by atoms with E-state index in [0.717, 1.165) is 11.3 Å². The van der Waals surface area contributed by atoms with Gasteiger partial charge in [-0.1, -0.05) is 35.2 Å². The Hall–Kier alpha value is -3.51. The Morgan fingerprint density at radius 3 is 2.58 bits per heavy atom. The van der Waals surface area contributed by atoms with Crippen LogP contribution in [0.1, 0.15) is 17.3 Å². The lowest BCUT2D eigenvalue weighted by molar-refractivity contribution is -0.384. The van der Waals surface area contributed by atoms with E-state index in [1.54, 1.807) is 18.2 Å². The fourth-order valence-corrected chi connectivity index (χ4v) is 3.93. The summed E-state index contributed by atoms with van der Waals surface area (Å²) in [5.74, 6) is -0.00187. The quantitative estimate of drug-likeness (QED) is 0.213. The van der Waals surface area contributed by atoms with Crippen LogP contribution in [-0.4, -0.2) is 39.3 Å². The molecule has 2 aromatic carbocycles. The lowest BCUT2D eigenvalue weighted by atomic mass is 10.2. The summed E-state index contributed by atoms with van der Waals surface area (Å²) in [6.45, 7) is 2.35. The van der Waals surface area contributed by atoms with E-state index in [1.165, 1.54) is 36.0 Å². The highest BCUT2D eigenvalue weighted by Crippen LogP contribution is 2.27. The van der Waals surface area contributed by atoms with Gasteiger partial charge >= 0.3 is 0 Å². The molecule has 0 saturated carbocycles. The third-order valence-electron chi connectivity index (χ3n) is 3.75. The number of aromatic nitrogens is 2. The maximum Gasteiger partial charge on any atom is 0.269 e. The monoisotopic (exact) mass is 459 g/mol. The first-order valence-electron chi connectivity index (χ1n) is 9.00. The van der Waals surface area contributed by atoms with E-state index in [9.17, 15) is 19.7 Å². The second-order valence-electron chi connectivity index (χ2n) is 5.90. The van der Waals surface area contributed by atoms with Gasteiger partial charge in [0.1, 0.15) is 5.75 Å². The maximum absolute atomic E-state index is 12.2. The van der Waals surface area contributed by atoms with E-state index in [1.807, 2.05) is 13.0 Å². The number of nitro groups is 1. The Bertz CT molecular complexity index is 1090. The van der Waals surface area contributed by atoms with Gasteiger partial charge in [-0.05, 0) is 31.2 Å². The topological polar surface area (TPSA) is 136 Å². The number of para-hydroxylation sites is 2. The minimum atomic E-state index is -0.540. The van der Waals surface area contributed by atoms with E-state index in [2.05, 4.69) is 20.8 Å². The van der Waals surface area contributed by atoms with Crippen molar-refractivity contribution in [2.75, 3.05) is 23.0 Å². The predicted octanol–water partition coefficient (Wildman–Crippen LogP) is 3.83. The van der Waals surface area contributed by atoms with Crippen LogP contribution >= 0.6 is 23.1 Å². The second-order valence-corrected chi connectivity index (χ2v) is 8.10. The molecule has 2 N–H and O–H groups in total. The van der Waals surface area contributed by atoms with Crippen LogP contribution in [0.15, 0.2) is 52.9 Å². The van der Waals surface area contributed by atoms with Crippen molar-refractivity contribution in [2.24, 2.45) is 0 Å². The largest absolute Gasteiger partial charge is 0.492 e. The van der Waals surface area contributed by atoms with E-state index >= 15 is 0 Å². The Labute approximate surface area is 185 Å². The zero-order chi connectivity index (χ0) is 22.2. The molecule has 0 spiro atoms. The average molecular weight is 460 g/mol. The molecule has 3 rings (SSSR count). The van der Waals surface area contributed by atoms with E-state index in [4.69, 9.17) is 4.74 Å². The summed E-state index contributed by atoms with van der Waals surface area (Å²) in [5.41, 5.74) is 0.735. The number of nitrogens with zero attached hydrogens (tertiary/aromatic N) is 3. The summed E-state index contributed by atoms with van der Waals surface area (Å²) in [5, 5.41) is 24.1. The number of thioether (sulfide) groups is 1. The van der Waals surface area contributed by atoms with Crippen LogP contribution in [0.4, 0.5) is 16.5 Å². The molecule has 0 aliphatic heterocycles. The van der Waals surface area contributed by atoms with Gasteiger partial charge in [-0.3, -0.25) is 25.0 Å². The number of carbonyl (C=O) groups excluding carboxylic acids is 2. The Balaban J connectivity index is 1.52. The van der Waals surface area contributed by atoms with Gasteiger partial charge in [0.15, 0.2) is 4.34 Å². The van der Waals surface area contributed by atoms with Gasteiger partial charge in [0.2, 0.25) is 11.0 Å². The Morgan fingerprint density at radius 1 is 1.13 bits per heavy atom. The third kappa shape index (κ3) is 6.23. The number of anilines is 2. The van der Waals surface area contributed by atoms with Crippen molar-refractivity contribution < 1.29 is 19.2 Å². The molecule has 0 saturated heterocycles. The minimum absolute atomic E-state index is 0.103. The highest BCUT2D eigenvalue weighted by atomic mass is 32.2. The van der Waals surface area contributed by atoms with Crippen molar-refractivity contribution in [3.05, 3.63) is 64.2 Å². The molecule has 1 aromatic heterocycles. The van der Waals surface area contributed by atoms with Gasteiger partial charge in [-0.2, -0.15) is 0 Å². The lowest BCUT2D eigenvalue weighted by Gasteiger charge is -2.10. The van der Waals surface area contributed by atoms with Crippen molar-refractivity contribution in [1.82, 2.24) is 10.2 Å². The van der Waals surface area contributed by atoms with Crippen molar-refractivity contribution in [2.45, 2.75) is 11.3 Å². The van der Waals surface area contributed by atoms with Crippen LogP contribution in [0.2, 0.25) is 0 Å². The molecule has 0 fully saturated rings. The first-order chi connectivity index (χ1) is 15.0. The second kappa shape index (κ2) is 10.5. The fourth-order valence-electron chi connectivity index (χ4n) is 2.39. The summed E-state index contributed by atoms with van der Waals surface area (Å²) in [6.07, 6.45) is 0. The molecular weight excluding hydrogens is 442 g/mol. The molecule has 160 valence electrons. The molecule has 3 aromatic rings. The summed E-state index contributed by atoms with van der Waals surface area (Å²) in [6, 6.07) is 12.4. The molecule has 31 heavy (non-hydrogen) atoms. The molecule has 10 nitrogen and oxygen atoms in total. The van der Waals surface area contributed by atoms with Gasteiger partial charge < -0.3 is 10.1 Å². The molecule has 12 heteroatoms. The van der Waals surface area contributed by atoms with E-state index < -0.39 is 10.8 Å². The smallest absolute Gasteiger partial charge is 0.269 e. The molecule has 0 atom stereocenters. The molecule has 0 aliphatic rings. The van der Waals surface area contributed by atoms with Gasteiger partial charge in [-0.25, -0.2) is 0 Å². The molecule has 0 unspecified atom stereocenters. The number of amides is 2. The number of ether oxygens (including phenoxy) is 1. The minimum Gasteiger partial charge on any atom is -0.492 e. The lowest BCUT2D eigenvalue weighted by Crippen LogP contribution is -2.14. The SMILES string of the molecule is CCOc1ccccc1NC(=O)CSc1nnc(NC(=O)c2ccc([N+](=O)[O-])cc2)s1. The van der Waals surface area contributed by atoms with Crippen molar-refractivity contribution in [3.8, 4) is 5.75 Å². The van der Waals surface area contributed by atoms with Crippen LogP contribution in [0, 0.1) is 10.1 Å². The summed E-state index contributed by atoms with van der Waals surface area (Å²) >= 11 is 2.30. The van der Waals surface area contributed by atoms with Gasteiger partial charge in [0.05, 0.1) is 23.0 Å². The molecule has 0 radical (unpaired) electrons. The van der Waals surface area contributed by atoms with Crippen LogP contribution < -0.4 is 15.4 Å². The standard InChI is InChI=1S/C19H17N5O5S2/c1-2-29-15-6-4-3-5-14(15)20-16(25)11-30-19-23-22-18(31-19)21-17(26)12-7-9-13(10-8-12)24(27)28/h3-10H,2,11H2,1H3,(H,20,25)(H,21,22,26). The van der Waals surface area contributed by atoms with Crippen molar-refractivity contribution in [1.29, 1.82) is 0 Å². The zero-order valence-corrected chi connectivity index (χ0v) is 17.9. The Kier molecular flexibility index (Phi) is 7.51. The number of nitro benzene ring substituents is 1.